The summed E-state index contributed by atoms with van der Waals surface area (Å²) in [5.74, 6) is -2.73. The third kappa shape index (κ3) is 4.86. The normalized spacial score (nSPS) is 19.0. The first kappa shape index (κ1) is 25.8. The topological polar surface area (TPSA) is 89.9 Å². The number of hydrogen-bond donors (Lipinski definition) is 1. The highest BCUT2D eigenvalue weighted by Crippen LogP contribution is 2.36. The Kier molecular flexibility index (Phi) is 7.73. The maximum Gasteiger partial charge on any atom is 0.275 e. The van der Waals surface area contributed by atoms with E-state index in [1.54, 1.807) is 9.47 Å². The van der Waals surface area contributed by atoms with E-state index >= 15 is 0 Å². The molecule has 1 spiro atoms. The molecular weight excluding hydrogens is 472 g/mol. The minimum Gasteiger partial charge on any atom is -0.487 e. The zero-order valence-corrected chi connectivity index (χ0v) is 20.6. The first-order valence-electron chi connectivity index (χ1n) is 12.3. The third-order valence-electron chi connectivity index (χ3n) is 6.70. The van der Waals surface area contributed by atoms with E-state index in [0.717, 1.165) is 25.0 Å². The van der Waals surface area contributed by atoms with Crippen LogP contribution in [-0.4, -0.2) is 53.2 Å². The van der Waals surface area contributed by atoms with Gasteiger partial charge in [-0.3, -0.25) is 14.4 Å². The van der Waals surface area contributed by atoms with Gasteiger partial charge in [-0.25, -0.2) is 8.78 Å². The lowest BCUT2D eigenvalue weighted by Crippen LogP contribution is -2.59. The second kappa shape index (κ2) is 10.8. The van der Waals surface area contributed by atoms with Crippen molar-refractivity contribution >= 4 is 11.8 Å². The smallest absolute Gasteiger partial charge is 0.275 e. The van der Waals surface area contributed by atoms with Crippen molar-refractivity contribution in [2.24, 2.45) is 0 Å². The molecule has 4 rings (SSSR count). The van der Waals surface area contributed by atoms with Gasteiger partial charge in [-0.2, -0.15) is 0 Å². The van der Waals surface area contributed by atoms with Gasteiger partial charge in [-0.1, -0.05) is 26.3 Å². The van der Waals surface area contributed by atoms with Gasteiger partial charge >= 0.3 is 0 Å². The Morgan fingerprint density at radius 2 is 2.03 bits per heavy atom. The number of benzene rings is 1. The number of aromatic nitrogens is 1. The van der Waals surface area contributed by atoms with Crippen LogP contribution >= 0.6 is 0 Å². The number of fused-ring (bicyclic) bond motifs is 1. The van der Waals surface area contributed by atoms with E-state index in [1.807, 2.05) is 13.8 Å². The van der Waals surface area contributed by atoms with Crippen molar-refractivity contribution in [3.8, 4) is 5.75 Å². The number of amides is 2. The van der Waals surface area contributed by atoms with Gasteiger partial charge in [-0.05, 0) is 25.3 Å². The molecule has 0 bridgehead atoms. The van der Waals surface area contributed by atoms with E-state index < -0.39 is 28.5 Å². The first-order valence-corrected chi connectivity index (χ1v) is 12.3. The fourth-order valence-corrected chi connectivity index (χ4v) is 4.78. The molecule has 8 nitrogen and oxygen atoms in total. The lowest BCUT2D eigenvalue weighted by atomic mass is 9.91. The number of ether oxygens (including phenoxy) is 2. The average molecular weight is 504 g/mol. The van der Waals surface area contributed by atoms with E-state index in [4.69, 9.17) is 9.47 Å². The van der Waals surface area contributed by atoms with Crippen molar-refractivity contribution in [3.05, 3.63) is 63.1 Å². The lowest BCUT2D eigenvalue weighted by molar-refractivity contribution is 0.0235. The summed E-state index contributed by atoms with van der Waals surface area (Å²) in [5.41, 5.74) is -1.27. The van der Waals surface area contributed by atoms with E-state index in [1.165, 1.54) is 12.3 Å². The monoisotopic (exact) mass is 503 g/mol. The molecule has 2 aliphatic heterocycles. The Morgan fingerprint density at radius 1 is 1.22 bits per heavy atom. The maximum atomic E-state index is 14.0. The SMILES string of the molecule is CCCCOc1c2n(cc(C(=O)NCc3ccc(F)cc3F)c1=O)CC1(CCOC1)N(CCC)C2=O. The summed E-state index contributed by atoms with van der Waals surface area (Å²) in [5, 5.41) is 2.53. The van der Waals surface area contributed by atoms with Gasteiger partial charge in [0.25, 0.3) is 11.8 Å². The summed E-state index contributed by atoms with van der Waals surface area (Å²) in [6.45, 7) is 5.68. The molecule has 2 aromatic rings. The van der Waals surface area contributed by atoms with E-state index in [2.05, 4.69) is 5.32 Å². The summed E-state index contributed by atoms with van der Waals surface area (Å²) >= 11 is 0. The number of rotatable bonds is 9. The molecule has 0 aliphatic carbocycles. The van der Waals surface area contributed by atoms with Crippen LogP contribution < -0.4 is 15.5 Å². The molecule has 1 aromatic carbocycles. The molecule has 36 heavy (non-hydrogen) atoms. The second-order valence-electron chi connectivity index (χ2n) is 9.28. The number of unbranched alkanes of at least 4 members (excludes halogenated alkanes) is 1. The second-order valence-corrected chi connectivity index (χ2v) is 9.28. The van der Waals surface area contributed by atoms with Crippen LogP contribution in [0, 0.1) is 11.6 Å². The molecule has 1 saturated heterocycles. The molecule has 2 aliphatic rings. The zero-order valence-electron chi connectivity index (χ0n) is 20.6. The van der Waals surface area contributed by atoms with Crippen molar-refractivity contribution in [2.75, 3.05) is 26.4 Å². The maximum absolute atomic E-state index is 14.0. The highest BCUT2D eigenvalue weighted by atomic mass is 19.1. The average Bonchev–Trinajstić information content (AvgIpc) is 3.31. The Labute approximate surface area is 208 Å². The first-order chi connectivity index (χ1) is 17.3. The fourth-order valence-electron chi connectivity index (χ4n) is 4.78. The van der Waals surface area contributed by atoms with E-state index in [-0.39, 0.29) is 41.6 Å². The van der Waals surface area contributed by atoms with Gasteiger partial charge in [0.2, 0.25) is 5.43 Å². The molecule has 0 saturated carbocycles. The van der Waals surface area contributed by atoms with Crippen LogP contribution in [0.3, 0.4) is 0 Å². The Balaban J connectivity index is 1.72. The highest BCUT2D eigenvalue weighted by molar-refractivity contribution is 5.99. The Morgan fingerprint density at radius 3 is 2.69 bits per heavy atom. The molecule has 1 aromatic heterocycles. The number of nitrogens with one attached hydrogen (secondary N) is 1. The fraction of sp³-hybridized carbons (Fsp3) is 0.500. The highest BCUT2D eigenvalue weighted by Gasteiger charge is 2.48. The van der Waals surface area contributed by atoms with Gasteiger partial charge in [0.05, 0.1) is 18.8 Å². The van der Waals surface area contributed by atoms with Gasteiger partial charge in [0.1, 0.15) is 17.2 Å². The molecule has 194 valence electrons. The summed E-state index contributed by atoms with van der Waals surface area (Å²) in [7, 11) is 0. The Bertz CT molecular complexity index is 1210. The van der Waals surface area contributed by atoms with Gasteiger partial charge in [0, 0.05) is 44.1 Å². The minimum atomic E-state index is -0.800. The van der Waals surface area contributed by atoms with E-state index in [9.17, 15) is 23.2 Å². The van der Waals surface area contributed by atoms with Gasteiger partial charge in [0.15, 0.2) is 11.4 Å². The predicted molar refractivity (Wildman–Crippen MR) is 128 cm³/mol. The summed E-state index contributed by atoms with van der Waals surface area (Å²) < 4.78 is 40.3. The number of pyridine rings is 1. The van der Waals surface area contributed by atoms with E-state index in [0.29, 0.717) is 39.1 Å². The molecule has 1 N–H and O–H groups in total. The van der Waals surface area contributed by atoms with Crippen molar-refractivity contribution in [1.82, 2.24) is 14.8 Å². The number of carbonyl (C=O) groups is 2. The van der Waals surface area contributed by atoms with Crippen LogP contribution in [-0.2, 0) is 17.8 Å². The number of halogens is 2. The Hall–Kier alpha value is -3.27. The molecule has 2 amide bonds. The van der Waals surface area contributed by atoms with Crippen LogP contribution in [0.1, 0.15) is 65.9 Å². The molecule has 1 atom stereocenters. The minimum absolute atomic E-state index is 0.0784. The van der Waals surface area contributed by atoms with Crippen molar-refractivity contribution < 1.29 is 27.8 Å². The largest absolute Gasteiger partial charge is 0.487 e. The number of carbonyl (C=O) groups excluding carboxylic acids is 2. The standard InChI is InChI=1S/C26H31F2N3O5/c1-3-5-10-36-23-21-25(34)31(9-4-2)26(8-11-35-16-26)15-30(21)14-19(22(23)32)24(33)29-13-17-6-7-18(27)12-20(17)28/h6-7,12,14H,3-5,8-11,13,15-16H2,1-2H3,(H,29,33). The number of hydrogen-bond acceptors (Lipinski definition) is 5. The number of nitrogens with zero attached hydrogens (tertiary/aromatic N) is 2. The molecule has 1 unspecified atom stereocenters. The van der Waals surface area contributed by atoms with Crippen molar-refractivity contribution in [1.29, 1.82) is 0 Å². The van der Waals surface area contributed by atoms with Gasteiger partial charge < -0.3 is 24.3 Å². The molecule has 10 heteroatoms. The molecule has 3 heterocycles. The third-order valence-corrected chi connectivity index (χ3v) is 6.70. The lowest BCUT2D eigenvalue weighted by Gasteiger charge is -2.45. The van der Waals surface area contributed by atoms with Gasteiger partial charge in [-0.15, -0.1) is 0 Å². The van der Waals surface area contributed by atoms with Crippen LogP contribution in [0.2, 0.25) is 0 Å². The summed E-state index contributed by atoms with van der Waals surface area (Å²) in [4.78, 5) is 41.9. The summed E-state index contributed by atoms with van der Waals surface area (Å²) in [6, 6.07) is 3.05. The van der Waals surface area contributed by atoms with Crippen molar-refractivity contribution in [2.45, 2.75) is 58.2 Å². The molecule has 0 radical (unpaired) electrons. The molecule has 1 fully saturated rings. The molecular formula is C26H31F2N3O5. The zero-order chi connectivity index (χ0) is 25.9. The van der Waals surface area contributed by atoms with Crippen molar-refractivity contribution in [3.63, 3.8) is 0 Å². The van der Waals surface area contributed by atoms with Crippen LogP contribution in [0.4, 0.5) is 8.78 Å². The predicted octanol–water partition coefficient (Wildman–Crippen LogP) is 3.26. The van der Waals surface area contributed by atoms with Crippen LogP contribution in [0.25, 0.3) is 0 Å². The van der Waals surface area contributed by atoms with Crippen LogP contribution in [0.5, 0.6) is 5.75 Å². The summed E-state index contributed by atoms with van der Waals surface area (Å²) in [6.07, 6.45) is 4.25. The van der Waals surface area contributed by atoms with Crippen LogP contribution in [0.15, 0.2) is 29.2 Å². The quantitative estimate of drug-likeness (QED) is 0.531.